The van der Waals surface area contributed by atoms with Crippen LogP contribution in [0.1, 0.15) is 11.9 Å². The van der Waals surface area contributed by atoms with Crippen molar-refractivity contribution in [3.63, 3.8) is 0 Å². The summed E-state index contributed by atoms with van der Waals surface area (Å²) in [6.07, 6.45) is 1.14. The van der Waals surface area contributed by atoms with Gasteiger partial charge in [-0.1, -0.05) is 18.2 Å². The number of nitrogens with zero attached hydrogens (tertiary/aromatic N) is 1. The van der Waals surface area contributed by atoms with Crippen LogP contribution in [0.3, 0.4) is 0 Å². The minimum Gasteiger partial charge on any atom is -0.467 e. The highest BCUT2D eigenvalue weighted by Crippen LogP contribution is 2.44. The number of fused-ring (bicyclic) bond motifs is 2. The van der Waals surface area contributed by atoms with E-state index in [4.69, 9.17) is 19.3 Å². The van der Waals surface area contributed by atoms with Crippen LogP contribution < -0.4 is 14.2 Å². The van der Waals surface area contributed by atoms with Crippen molar-refractivity contribution < 1.29 is 19.3 Å². The van der Waals surface area contributed by atoms with Gasteiger partial charge in [0.05, 0.1) is 11.1 Å². The minimum absolute atomic E-state index is 0.398. The molecule has 1 aromatic heterocycles. The Morgan fingerprint density at radius 2 is 1.86 bits per heavy atom. The highest BCUT2D eigenvalue weighted by atomic mass is 16.7. The largest absolute Gasteiger partial charge is 0.467 e. The monoisotopic (exact) mass is 295 g/mol. The summed E-state index contributed by atoms with van der Waals surface area (Å²) in [4.78, 5) is 4.31. The van der Waals surface area contributed by atoms with Gasteiger partial charge in [-0.25, -0.2) is 0 Å². The maximum absolute atomic E-state index is 8.98. The zero-order valence-electron chi connectivity index (χ0n) is 11.6. The third kappa shape index (κ3) is 2.12. The summed E-state index contributed by atoms with van der Waals surface area (Å²) in [6, 6.07) is 14.9. The predicted molar refractivity (Wildman–Crippen MR) is 79.9 cm³/mol. The van der Waals surface area contributed by atoms with Gasteiger partial charge in [-0.2, -0.15) is 0 Å². The zero-order valence-corrected chi connectivity index (χ0v) is 11.6. The van der Waals surface area contributed by atoms with E-state index in [0.717, 1.165) is 16.5 Å². The lowest BCUT2D eigenvalue weighted by Gasteiger charge is -2.14. The maximum Gasteiger partial charge on any atom is 0.271 e. The Hall–Kier alpha value is -2.79. The summed E-state index contributed by atoms with van der Waals surface area (Å²) in [6.45, 7) is -0.398. The molecule has 110 valence electrons. The molecular weight excluding hydrogens is 282 g/mol. The summed E-state index contributed by atoms with van der Waals surface area (Å²) in [7, 11) is 0. The molecule has 3 aromatic rings. The Morgan fingerprint density at radius 3 is 2.73 bits per heavy atom. The van der Waals surface area contributed by atoms with Crippen molar-refractivity contribution in [3.05, 3.63) is 60.3 Å². The van der Waals surface area contributed by atoms with Gasteiger partial charge >= 0.3 is 0 Å². The molecule has 1 atom stereocenters. The fraction of sp³-hybridized carbons (Fsp3) is 0.118. The van der Waals surface area contributed by atoms with E-state index < -0.39 is 13.1 Å². The molecule has 1 unspecified atom stereocenters. The SMILES string of the molecule is OCOc1ccccc1C1Oc2cc3cccnc3cc2O1. The molecule has 0 aliphatic carbocycles. The van der Waals surface area contributed by atoms with Gasteiger partial charge < -0.3 is 19.3 Å². The number of aromatic nitrogens is 1. The van der Waals surface area contributed by atoms with Crippen LogP contribution in [0.15, 0.2) is 54.7 Å². The van der Waals surface area contributed by atoms with Gasteiger partial charge in [-0.05, 0) is 24.3 Å². The summed E-state index contributed by atoms with van der Waals surface area (Å²) >= 11 is 0. The number of hydrogen-bond acceptors (Lipinski definition) is 5. The van der Waals surface area contributed by atoms with Crippen molar-refractivity contribution in [2.45, 2.75) is 6.29 Å². The molecule has 2 heterocycles. The molecule has 2 aromatic carbocycles. The Kier molecular flexibility index (Phi) is 3.05. The van der Waals surface area contributed by atoms with Crippen LogP contribution in [0.4, 0.5) is 0 Å². The van der Waals surface area contributed by atoms with Crippen LogP contribution in [-0.2, 0) is 0 Å². The maximum atomic E-state index is 8.98. The van der Waals surface area contributed by atoms with Gasteiger partial charge in [0.1, 0.15) is 5.75 Å². The molecule has 1 aliphatic heterocycles. The average Bonchev–Trinajstić information content (AvgIpc) is 2.96. The second-order valence-corrected chi connectivity index (χ2v) is 4.87. The van der Waals surface area contributed by atoms with Crippen LogP contribution in [0.25, 0.3) is 10.9 Å². The normalized spacial score (nSPS) is 16.0. The van der Waals surface area contributed by atoms with E-state index in [-0.39, 0.29) is 0 Å². The third-order valence-electron chi connectivity index (χ3n) is 3.53. The van der Waals surface area contributed by atoms with Crippen LogP contribution in [0.2, 0.25) is 0 Å². The molecule has 0 bridgehead atoms. The highest BCUT2D eigenvalue weighted by molar-refractivity contribution is 5.82. The fourth-order valence-corrected chi connectivity index (χ4v) is 2.52. The molecule has 22 heavy (non-hydrogen) atoms. The van der Waals surface area contributed by atoms with Crippen molar-refractivity contribution in [3.8, 4) is 17.2 Å². The number of aliphatic hydroxyl groups excluding tert-OH is 1. The van der Waals surface area contributed by atoms with Crippen LogP contribution in [0, 0.1) is 0 Å². The number of pyridine rings is 1. The molecule has 0 saturated heterocycles. The van der Waals surface area contributed by atoms with Crippen LogP contribution in [0.5, 0.6) is 17.2 Å². The number of para-hydroxylation sites is 1. The smallest absolute Gasteiger partial charge is 0.271 e. The van der Waals surface area contributed by atoms with Crippen molar-refractivity contribution in [2.75, 3.05) is 6.79 Å². The molecule has 5 nitrogen and oxygen atoms in total. The van der Waals surface area contributed by atoms with Crippen molar-refractivity contribution in [1.29, 1.82) is 0 Å². The number of aliphatic hydroxyl groups is 1. The summed E-state index contributed by atoms with van der Waals surface area (Å²) in [5.74, 6) is 1.85. The number of hydrogen-bond donors (Lipinski definition) is 1. The molecule has 1 aliphatic rings. The van der Waals surface area contributed by atoms with E-state index in [1.165, 1.54) is 0 Å². The fourth-order valence-electron chi connectivity index (χ4n) is 2.52. The van der Waals surface area contributed by atoms with Crippen LogP contribution >= 0.6 is 0 Å². The molecular formula is C17H13NO4. The topological polar surface area (TPSA) is 60.8 Å². The van der Waals surface area contributed by atoms with Gasteiger partial charge in [0.25, 0.3) is 6.29 Å². The van der Waals surface area contributed by atoms with E-state index in [9.17, 15) is 0 Å². The van der Waals surface area contributed by atoms with Crippen molar-refractivity contribution >= 4 is 10.9 Å². The Bertz CT molecular complexity index is 789. The van der Waals surface area contributed by atoms with Crippen LogP contribution in [-0.4, -0.2) is 16.9 Å². The third-order valence-corrected chi connectivity index (χ3v) is 3.53. The van der Waals surface area contributed by atoms with E-state index in [1.54, 1.807) is 12.3 Å². The Balaban J connectivity index is 1.71. The van der Waals surface area contributed by atoms with Crippen molar-refractivity contribution in [1.82, 2.24) is 4.98 Å². The minimum atomic E-state index is -0.602. The first kappa shape index (κ1) is 12.9. The summed E-state index contributed by atoms with van der Waals surface area (Å²) < 4.78 is 16.9. The highest BCUT2D eigenvalue weighted by Gasteiger charge is 2.28. The van der Waals surface area contributed by atoms with E-state index in [0.29, 0.717) is 17.2 Å². The predicted octanol–water partition coefficient (Wildman–Crippen LogP) is 3.03. The average molecular weight is 295 g/mol. The molecule has 5 heteroatoms. The molecule has 1 N–H and O–H groups in total. The Morgan fingerprint density at radius 1 is 1.05 bits per heavy atom. The Labute approximate surface area is 126 Å². The summed E-state index contributed by atoms with van der Waals surface area (Å²) in [5.41, 5.74) is 1.58. The van der Waals surface area contributed by atoms with E-state index >= 15 is 0 Å². The second kappa shape index (κ2) is 5.20. The lowest BCUT2D eigenvalue weighted by molar-refractivity contribution is 0.0401. The first-order valence-corrected chi connectivity index (χ1v) is 6.90. The zero-order chi connectivity index (χ0) is 14.9. The van der Waals surface area contributed by atoms with E-state index in [2.05, 4.69) is 4.98 Å². The quantitative estimate of drug-likeness (QED) is 0.753. The van der Waals surface area contributed by atoms with Gasteiger partial charge in [0.15, 0.2) is 18.3 Å². The molecule has 0 fully saturated rings. The lowest BCUT2D eigenvalue weighted by Crippen LogP contribution is -2.10. The first-order valence-electron chi connectivity index (χ1n) is 6.90. The van der Waals surface area contributed by atoms with E-state index in [1.807, 2.05) is 42.5 Å². The number of ether oxygens (including phenoxy) is 3. The van der Waals surface area contributed by atoms with Gasteiger partial charge in [0.2, 0.25) is 0 Å². The first-order chi connectivity index (χ1) is 10.8. The second-order valence-electron chi connectivity index (χ2n) is 4.87. The molecule has 0 saturated carbocycles. The number of rotatable bonds is 3. The van der Waals surface area contributed by atoms with Gasteiger partial charge in [0, 0.05) is 17.6 Å². The number of benzene rings is 2. The summed E-state index contributed by atoms with van der Waals surface area (Å²) in [5, 5.41) is 9.97. The molecule has 0 amide bonds. The molecule has 0 radical (unpaired) electrons. The van der Waals surface area contributed by atoms with Crippen molar-refractivity contribution in [2.24, 2.45) is 0 Å². The van der Waals surface area contributed by atoms with Gasteiger partial charge in [-0.3, -0.25) is 4.98 Å². The molecule has 0 spiro atoms. The molecule has 4 rings (SSSR count). The lowest BCUT2D eigenvalue weighted by atomic mass is 10.2. The van der Waals surface area contributed by atoms with Gasteiger partial charge in [-0.15, -0.1) is 0 Å². The standard InChI is InChI=1S/C17H13NO4/c19-10-20-14-6-2-1-5-12(14)17-21-15-8-11-4-3-7-18-13(11)9-16(15)22-17/h1-9,17,19H,10H2.